The van der Waals surface area contributed by atoms with Crippen LogP contribution in [0.3, 0.4) is 0 Å². The molecule has 1 aromatic carbocycles. The number of carbonyl (C=O) groups is 1. The van der Waals surface area contributed by atoms with Crippen LogP contribution < -0.4 is 9.64 Å². The van der Waals surface area contributed by atoms with Crippen molar-refractivity contribution < 1.29 is 9.53 Å². The van der Waals surface area contributed by atoms with E-state index in [1.807, 2.05) is 29.2 Å². The van der Waals surface area contributed by atoms with Gasteiger partial charge in [0.25, 0.3) is 0 Å². The van der Waals surface area contributed by atoms with E-state index in [-0.39, 0.29) is 5.91 Å². The lowest BCUT2D eigenvalue weighted by Gasteiger charge is -2.35. The van der Waals surface area contributed by atoms with Gasteiger partial charge >= 0.3 is 0 Å². The number of fused-ring (bicyclic) bond motifs is 1. The molecule has 1 saturated carbocycles. The quantitative estimate of drug-likeness (QED) is 0.675. The minimum Gasteiger partial charge on any atom is -0.497 e. The lowest BCUT2D eigenvalue weighted by Crippen LogP contribution is -2.50. The first-order valence-corrected chi connectivity index (χ1v) is 9.58. The van der Waals surface area contributed by atoms with E-state index in [9.17, 15) is 4.79 Å². The highest BCUT2D eigenvalue weighted by Crippen LogP contribution is 2.40. The van der Waals surface area contributed by atoms with Gasteiger partial charge in [0.05, 0.1) is 25.0 Å². The van der Waals surface area contributed by atoms with E-state index in [2.05, 4.69) is 26.3 Å². The highest BCUT2D eigenvalue weighted by atomic mass is 16.5. The highest BCUT2D eigenvalue weighted by molar-refractivity contribution is 5.85. The van der Waals surface area contributed by atoms with Gasteiger partial charge in [-0.25, -0.2) is 0 Å². The number of amides is 1. The molecule has 0 bridgehead atoms. The van der Waals surface area contributed by atoms with E-state index in [1.165, 1.54) is 12.8 Å². The molecule has 0 N–H and O–H groups in total. The number of carbonyl (C=O) groups excluding carboxylic acids is 1. The molecule has 8 nitrogen and oxygen atoms in total. The highest BCUT2D eigenvalue weighted by Gasteiger charge is 2.30. The zero-order valence-electron chi connectivity index (χ0n) is 15.8. The summed E-state index contributed by atoms with van der Waals surface area (Å²) in [5.74, 6) is 1.46. The number of aromatic nitrogens is 4. The van der Waals surface area contributed by atoms with Crippen LogP contribution in [0.25, 0.3) is 5.65 Å². The Morgan fingerprint density at radius 2 is 2.00 bits per heavy atom. The Labute approximate surface area is 162 Å². The summed E-state index contributed by atoms with van der Waals surface area (Å²) in [5.41, 5.74) is 3.82. The minimum atomic E-state index is 0.115. The van der Waals surface area contributed by atoms with Crippen molar-refractivity contribution >= 4 is 17.2 Å². The number of piperazine rings is 1. The van der Waals surface area contributed by atoms with Crippen LogP contribution in [0.1, 0.15) is 30.0 Å². The van der Waals surface area contributed by atoms with Crippen LogP contribution in [0.15, 0.2) is 36.7 Å². The molecule has 3 heterocycles. The first-order chi connectivity index (χ1) is 13.7. The van der Waals surface area contributed by atoms with Crippen molar-refractivity contribution in [3.63, 3.8) is 0 Å². The van der Waals surface area contributed by atoms with Crippen LogP contribution in [0.5, 0.6) is 5.75 Å². The molecular weight excluding hydrogens is 356 g/mol. The summed E-state index contributed by atoms with van der Waals surface area (Å²) >= 11 is 0. The lowest BCUT2D eigenvalue weighted by atomic mass is 10.1. The Morgan fingerprint density at radius 1 is 1.18 bits per heavy atom. The summed E-state index contributed by atoms with van der Waals surface area (Å²) in [4.78, 5) is 16.8. The molecule has 1 aliphatic heterocycles. The van der Waals surface area contributed by atoms with Crippen molar-refractivity contribution in [2.24, 2.45) is 0 Å². The van der Waals surface area contributed by atoms with Crippen LogP contribution in [-0.4, -0.2) is 57.4 Å². The molecule has 2 aliphatic rings. The Bertz CT molecular complexity index is 1010. The maximum Gasteiger partial charge on any atom is 0.242 e. The topological polar surface area (TPSA) is 75.9 Å². The molecule has 8 heteroatoms. The van der Waals surface area contributed by atoms with E-state index in [4.69, 9.17) is 4.74 Å². The number of hydrogen-bond donors (Lipinski definition) is 0. The molecule has 2 aromatic heterocycles. The summed E-state index contributed by atoms with van der Waals surface area (Å²) < 4.78 is 6.93. The summed E-state index contributed by atoms with van der Waals surface area (Å²) in [6.07, 6.45) is 3.98. The largest absolute Gasteiger partial charge is 0.497 e. The monoisotopic (exact) mass is 378 g/mol. The number of methoxy groups -OCH3 is 1. The fourth-order valence-corrected chi connectivity index (χ4v) is 3.67. The summed E-state index contributed by atoms with van der Waals surface area (Å²) in [6, 6.07) is 9.95. The van der Waals surface area contributed by atoms with Gasteiger partial charge in [-0.2, -0.15) is 9.61 Å². The fraction of sp³-hybridized carbons (Fsp3) is 0.400. The summed E-state index contributed by atoms with van der Waals surface area (Å²) in [6.45, 7) is 2.39. The van der Waals surface area contributed by atoms with E-state index >= 15 is 0 Å². The second-order valence-corrected chi connectivity index (χ2v) is 7.41. The first kappa shape index (κ1) is 17.0. The maximum atomic E-state index is 12.8. The molecule has 0 radical (unpaired) electrons. The van der Waals surface area contributed by atoms with Gasteiger partial charge in [-0.3, -0.25) is 4.79 Å². The molecule has 0 spiro atoms. The van der Waals surface area contributed by atoms with Crippen molar-refractivity contribution in [1.82, 2.24) is 24.7 Å². The number of nitrogens with zero attached hydrogens (tertiary/aromatic N) is 6. The van der Waals surface area contributed by atoms with Gasteiger partial charge in [0.1, 0.15) is 12.1 Å². The average Bonchev–Trinajstić information content (AvgIpc) is 3.47. The van der Waals surface area contributed by atoms with E-state index in [1.54, 1.807) is 18.0 Å². The molecule has 2 fully saturated rings. The van der Waals surface area contributed by atoms with Crippen LogP contribution in [0, 0.1) is 0 Å². The Hall–Kier alpha value is -3.16. The summed E-state index contributed by atoms with van der Waals surface area (Å²) in [5, 5.41) is 12.8. The molecular formula is C20H22N6O2. The first-order valence-electron chi connectivity index (χ1n) is 9.58. The van der Waals surface area contributed by atoms with Crippen LogP contribution in [0.2, 0.25) is 0 Å². The molecule has 1 amide bonds. The molecule has 0 atom stereocenters. The van der Waals surface area contributed by atoms with Crippen LogP contribution >= 0.6 is 0 Å². The molecule has 1 saturated heterocycles. The molecule has 0 unspecified atom stereocenters. The number of rotatable bonds is 5. The standard InChI is InChI=1S/C20H22N6O2/c1-28-16-6-2-14(3-7-16)11-25-9-8-24(12-19(25)27)18-10-17(15-4-5-15)23-26-13-21-22-20(18)26/h2-3,6-7,10,13,15H,4-5,8-9,11-12H2,1H3. The zero-order chi connectivity index (χ0) is 19.1. The van der Waals surface area contributed by atoms with Gasteiger partial charge in [0.2, 0.25) is 11.6 Å². The lowest BCUT2D eigenvalue weighted by molar-refractivity contribution is -0.131. The predicted octanol–water partition coefficient (Wildman–Crippen LogP) is 1.86. The summed E-state index contributed by atoms with van der Waals surface area (Å²) in [7, 11) is 1.65. The second kappa shape index (κ2) is 6.78. The van der Waals surface area contributed by atoms with Gasteiger partial charge in [-0.05, 0) is 36.6 Å². The van der Waals surface area contributed by atoms with Crippen LogP contribution in [0.4, 0.5) is 5.69 Å². The second-order valence-electron chi connectivity index (χ2n) is 7.41. The number of ether oxygens (including phenoxy) is 1. The fourth-order valence-electron chi connectivity index (χ4n) is 3.67. The number of anilines is 1. The van der Waals surface area contributed by atoms with E-state index in [0.717, 1.165) is 29.2 Å². The zero-order valence-corrected chi connectivity index (χ0v) is 15.8. The normalized spacial score (nSPS) is 17.4. The SMILES string of the molecule is COc1ccc(CN2CCN(c3cc(C4CC4)nn4cnnc34)CC2=O)cc1. The smallest absolute Gasteiger partial charge is 0.242 e. The van der Waals surface area contributed by atoms with Gasteiger partial charge < -0.3 is 14.5 Å². The minimum absolute atomic E-state index is 0.115. The molecule has 1 aliphatic carbocycles. The van der Waals surface area contributed by atoms with Crippen LogP contribution in [-0.2, 0) is 11.3 Å². The van der Waals surface area contributed by atoms with Gasteiger partial charge in [-0.15, -0.1) is 10.2 Å². The van der Waals surface area contributed by atoms with Crippen molar-refractivity contribution in [1.29, 1.82) is 0 Å². The van der Waals surface area contributed by atoms with Gasteiger partial charge in [0.15, 0.2) is 0 Å². The van der Waals surface area contributed by atoms with Gasteiger partial charge in [0, 0.05) is 25.6 Å². The maximum absolute atomic E-state index is 12.8. The molecule has 5 rings (SSSR count). The third kappa shape index (κ3) is 3.15. The third-order valence-corrected chi connectivity index (χ3v) is 5.45. The van der Waals surface area contributed by atoms with Crippen molar-refractivity contribution in [2.45, 2.75) is 25.3 Å². The van der Waals surface area contributed by atoms with Gasteiger partial charge in [-0.1, -0.05) is 12.1 Å². The molecule has 3 aromatic rings. The van der Waals surface area contributed by atoms with Crippen molar-refractivity contribution in [2.75, 3.05) is 31.6 Å². The number of hydrogen-bond acceptors (Lipinski definition) is 6. The molecule has 144 valence electrons. The Balaban J connectivity index is 1.33. The van der Waals surface area contributed by atoms with E-state index in [0.29, 0.717) is 31.2 Å². The Kier molecular flexibility index (Phi) is 4.11. The average molecular weight is 378 g/mol. The van der Waals surface area contributed by atoms with Crippen molar-refractivity contribution in [3.8, 4) is 5.75 Å². The predicted molar refractivity (Wildman–Crippen MR) is 103 cm³/mol. The van der Waals surface area contributed by atoms with Crippen molar-refractivity contribution in [3.05, 3.63) is 47.9 Å². The van der Waals surface area contributed by atoms with E-state index < -0.39 is 0 Å². The Morgan fingerprint density at radius 3 is 2.71 bits per heavy atom. The third-order valence-electron chi connectivity index (χ3n) is 5.45. The number of benzene rings is 1. The molecule has 28 heavy (non-hydrogen) atoms.